The molecule has 0 spiro atoms. The summed E-state index contributed by atoms with van der Waals surface area (Å²) in [5, 5.41) is 21.0. The van der Waals surface area contributed by atoms with E-state index in [1.807, 2.05) is 12.2 Å². The van der Waals surface area contributed by atoms with Gasteiger partial charge in [-0.25, -0.2) is 0 Å². The zero-order chi connectivity index (χ0) is 12.5. The van der Waals surface area contributed by atoms with Crippen molar-refractivity contribution in [2.75, 3.05) is 6.61 Å². The summed E-state index contributed by atoms with van der Waals surface area (Å²) in [5.41, 5.74) is -0.471. The van der Waals surface area contributed by atoms with Crippen LogP contribution < -0.4 is 5.32 Å². The van der Waals surface area contributed by atoms with Gasteiger partial charge in [-0.05, 0) is 25.7 Å². The van der Waals surface area contributed by atoms with Crippen molar-refractivity contribution in [2.24, 2.45) is 11.8 Å². The number of aliphatic hydroxyl groups excluding tert-OH is 1. The SMILES string of the molecule is O=C(O)[C@H]1CC=CC[C@H]1C(=O)NC1(CO)CC1. The first-order chi connectivity index (χ1) is 8.08. The Labute approximate surface area is 99.5 Å². The summed E-state index contributed by atoms with van der Waals surface area (Å²) >= 11 is 0. The number of carboxylic acids is 1. The molecule has 2 aliphatic rings. The summed E-state index contributed by atoms with van der Waals surface area (Å²) in [6.45, 7) is -0.0704. The molecule has 2 atom stereocenters. The first-order valence-electron chi connectivity index (χ1n) is 5.89. The van der Waals surface area contributed by atoms with Gasteiger partial charge in [0.15, 0.2) is 0 Å². The minimum absolute atomic E-state index is 0.0704. The van der Waals surface area contributed by atoms with Gasteiger partial charge in [0, 0.05) is 0 Å². The number of carbonyl (C=O) groups is 2. The van der Waals surface area contributed by atoms with E-state index in [4.69, 9.17) is 10.2 Å². The Kier molecular flexibility index (Phi) is 3.19. The van der Waals surface area contributed by atoms with E-state index in [0.717, 1.165) is 12.8 Å². The van der Waals surface area contributed by atoms with Crippen molar-refractivity contribution >= 4 is 11.9 Å². The Morgan fingerprint density at radius 1 is 1.24 bits per heavy atom. The average Bonchev–Trinajstić information content (AvgIpc) is 3.09. The van der Waals surface area contributed by atoms with Crippen LogP contribution in [0.3, 0.4) is 0 Å². The van der Waals surface area contributed by atoms with Crippen molar-refractivity contribution in [2.45, 2.75) is 31.2 Å². The molecule has 0 aromatic carbocycles. The maximum atomic E-state index is 12.0. The lowest BCUT2D eigenvalue weighted by molar-refractivity contribution is -0.147. The first-order valence-corrected chi connectivity index (χ1v) is 5.89. The van der Waals surface area contributed by atoms with Crippen molar-refractivity contribution in [1.82, 2.24) is 5.32 Å². The van der Waals surface area contributed by atoms with Crippen LogP contribution in [0, 0.1) is 11.8 Å². The number of aliphatic hydroxyl groups is 1. The summed E-state index contributed by atoms with van der Waals surface area (Å²) in [4.78, 5) is 23.1. The second kappa shape index (κ2) is 4.49. The minimum atomic E-state index is -0.927. The normalized spacial score (nSPS) is 29.7. The van der Waals surface area contributed by atoms with Gasteiger partial charge in [-0.3, -0.25) is 9.59 Å². The van der Waals surface area contributed by atoms with Gasteiger partial charge in [0.1, 0.15) is 0 Å². The number of carboxylic acid groups (broad SMARTS) is 1. The van der Waals surface area contributed by atoms with E-state index < -0.39 is 23.3 Å². The number of amides is 1. The van der Waals surface area contributed by atoms with E-state index in [1.54, 1.807) is 0 Å². The van der Waals surface area contributed by atoms with E-state index in [9.17, 15) is 9.59 Å². The highest BCUT2D eigenvalue weighted by Gasteiger charge is 2.45. The molecule has 0 aromatic rings. The summed E-state index contributed by atoms with van der Waals surface area (Å²) < 4.78 is 0. The monoisotopic (exact) mass is 239 g/mol. The third-order valence-corrected chi connectivity index (χ3v) is 3.63. The Bertz CT molecular complexity index is 360. The van der Waals surface area contributed by atoms with Crippen LogP contribution in [-0.4, -0.2) is 34.2 Å². The summed E-state index contributed by atoms with van der Waals surface area (Å²) in [6, 6.07) is 0. The van der Waals surface area contributed by atoms with E-state index in [1.165, 1.54) is 0 Å². The lowest BCUT2D eigenvalue weighted by Crippen LogP contribution is -2.46. The van der Waals surface area contributed by atoms with E-state index >= 15 is 0 Å². The molecule has 0 unspecified atom stereocenters. The van der Waals surface area contributed by atoms with Crippen LogP contribution in [0.4, 0.5) is 0 Å². The molecule has 1 fully saturated rings. The van der Waals surface area contributed by atoms with Crippen LogP contribution in [-0.2, 0) is 9.59 Å². The largest absolute Gasteiger partial charge is 0.481 e. The van der Waals surface area contributed by atoms with Crippen molar-refractivity contribution in [3.05, 3.63) is 12.2 Å². The molecular weight excluding hydrogens is 222 g/mol. The van der Waals surface area contributed by atoms with Crippen molar-refractivity contribution in [3.63, 3.8) is 0 Å². The van der Waals surface area contributed by atoms with Gasteiger partial charge in [0.2, 0.25) is 5.91 Å². The summed E-state index contributed by atoms with van der Waals surface area (Å²) in [7, 11) is 0. The number of hydrogen-bond donors (Lipinski definition) is 3. The van der Waals surface area contributed by atoms with Crippen molar-refractivity contribution < 1.29 is 19.8 Å². The fourth-order valence-electron chi connectivity index (χ4n) is 2.20. The van der Waals surface area contributed by atoms with Gasteiger partial charge < -0.3 is 15.5 Å². The van der Waals surface area contributed by atoms with E-state index in [2.05, 4.69) is 5.32 Å². The molecule has 0 saturated heterocycles. The second-order valence-corrected chi connectivity index (χ2v) is 4.92. The highest BCUT2D eigenvalue weighted by atomic mass is 16.4. The summed E-state index contributed by atoms with van der Waals surface area (Å²) in [6.07, 6.45) is 6.07. The summed E-state index contributed by atoms with van der Waals surface area (Å²) in [5.74, 6) is -2.33. The molecule has 17 heavy (non-hydrogen) atoms. The molecule has 2 aliphatic carbocycles. The van der Waals surface area contributed by atoms with Gasteiger partial charge in [0.25, 0.3) is 0 Å². The molecule has 0 aliphatic heterocycles. The number of carbonyl (C=O) groups excluding carboxylic acids is 1. The van der Waals surface area contributed by atoms with Crippen LogP contribution in [0.1, 0.15) is 25.7 Å². The van der Waals surface area contributed by atoms with Gasteiger partial charge in [-0.15, -0.1) is 0 Å². The van der Waals surface area contributed by atoms with Crippen molar-refractivity contribution in [3.8, 4) is 0 Å². The maximum absolute atomic E-state index is 12.0. The van der Waals surface area contributed by atoms with Crippen molar-refractivity contribution in [1.29, 1.82) is 0 Å². The minimum Gasteiger partial charge on any atom is -0.481 e. The molecule has 1 saturated carbocycles. The number of aliphatic carboxylic acids is 1. The molecule has 0 bridgehead atoms. The molecule has 94 valence electrons. The van der Waals surface area contributed by atoms with Crippen LogP contribution >= 0.6 is 0 Å². The third kappa shape index (κ3) is 2.49. The van der Waals surface area contributed by atoms with E-state index in [0.29, 0.717) is 12.8 Å². The lowest BCUT2D eigenvalue weighted by atomic mass is 9.82. The Morgan fingerprint density at radius 3 is 2.29 bits per heavy atom. The average molecular weight is 239 g/mol. The molecule has 5 heteroatoms. The predicted molar refractivity (Wildman–Crippen MR) is 60.2 cm³/mol. The topological polar surface area (TPSA) is 86.6 Å². The van der Waals surface area contributed by atoms with Crippen LogP contribution in [0.25, 0.3) is 0 Å². The van der Waals surface area contributed by atoms with Gasteiger partial charge in [0.05, 0.1) is 24.0 Å². The van der Waals surface area contributed by atoms with Crippen LogP contribution in [0.2, 0.25) is 0 Å². The molecule has 3 N–H and O–H groups in total. The number of allylic oxidation sites excluding steroid dienone is 2. The third-order valence-electron chi connectivity index (χ3n) is 3.63. The van der Waals surface area contributed by atoms with E-state index in [-0.39, 0.29) is 12.5 Å². The van der Waals surface area contributed by atoms with Gasteiger partial charge in [-0.1, -0.05) is 12.2 Å². The fraction of sp³-hybridized carbons (Fsp3) is 0.667. The Morgan fingerprint density at radius 2 is 1.82 bits per heavy atom. The Hall–Kier alpha value is -1.36. The van der Waals surface area contributed by atoms with Crippen LogP contribution in [0.15, 0.2) is 12.2 Å². The molecular formula is C12H17NO4. The lowest BCUT2D eigenvalue weighted by Gasteiger charge is -2.26. The molecule has 2 rings (SSSR count). The van der Waals surface area contributed by atoms with Crippen LogP contribution in [0.5, 0.6) is 0 Å². The molecule has 0 aromatic heterocycles. The number of hydrogen-bond acceptors (Lipinski definition) is 3. The number of nitrogens with one attached hydrogen (secondary N) is 1. The highest BCUT2D eigenvalue weighted by Crippen LogP contribution is 2.36. The first kappa shape index (κ1) is 12.1. The second-order valence-electron chi connectivity index (χ2n) is 4.92. The quantitative estimate of drug-likeness (QED) is 0.616. The standard InChI is InChI=1S/C12H17NO4/c14-7-12(5-6-12)13-10(15)8-3-1-2-4-9(8)11(16)17/h1-2,8-9,14H,3-7H2,(H,13,15)(H,16,17)/t8-,9+/m1/s1. The Balaban J connectivity index is 2.02. The fourth-order valence-corrected chi connectivity index (χ4v) is 2.20. The molecule has 5 nitrogen and oxygen atoms in total. The number of rotatable bonds is 4. The smallest absolute Gasteiger partial charge is 0.307 e. The zero-order valence-electron chi connectivity index (χ0n) is 9.56. The molecule has 0 radical (unpaired) electrons. The van der Waals surface area contributed by atoms with Gasteiger partial charge >= 0.3 is 5.97 Å². The highest BCUT2D eigenvalue weighted by molar-refractivity contribution is 5.86. The predicted octanol–water partition coefficient (Wildman–Crippen LogP) is 0.294. The molecule has 1 amide bonds. The maximum Gasteiger partial charge on any atom is 0.307 e. The van der Waals surface area contributed by atoms with Gasteiger partial charge in [-0.2, -0.15) is 0 Å². The zero-order valence-corrected chi connectivity index (χ0v) is 9.56. The molecule has 0 heterocycles.